The van der Waals surface area contributed by atoms with Gasteiger partial charge in [0.25, 0.3) is 0 Å². The van der Waals surface area contributed by atoms with Crippen molar-refractivity contribution in [3.63, 3.8) is 0 Å². The van der Waals surface area contributed by atoms with Crippen molar-refractivity contribution in [3.05, 3.63) is 30.5 Å². The van der Waals surface area contributed by atoms with E-state index in [1.807, 2.05) is 0 Å². The molecule has 32 heavy (non-hydrogen) atoms. The Morgan fingerprint density at radius 2 is 1.84 bits per heavy atom. The Morgan fingerprint density at radius 3 is 2.53 bits per heavy atom. The number of carboxylic acids is 1. The number of thiazole rings is 1. The van der Waals surface area contributed by atoms with Crippen LogP contribution in [0.2, 0.25) is 0 Å². The van der Waals surface area contributed by atoms with Gasteiger partial charge in [0.2, 0.25) is 0 Å². The molecule has 0 aliphatic heterocycles. The minimum absolute atomic E-state index is 0.000999. The van der Waals surface area contributed by atoms with Crippen LogP contribution in [-0.2, 0) is 4.79 Å². The Morgan fingerprint density at radius 1 is 1.09 bits per heavy atom. The molecule has 0 spiro atoms. The van der Waals surface area contributed by atoms with Gasteiger partial charge in [0.15, 0.2) is 5.13 Å². The first kappa shape index (κ1) is 23.4. The summed E-state index contributed by atoms with van der Waals surface area (Å²) >= 11 is 2.58. The van der Waals surface area contributed by atoms with Crippen LogP contribution in [0.15, 0.2) is 34.7 Å². The van der Waals surface area contributed by atoms with Gasteiger partial charge in [0.1, 0.15) is 0 Å². The van der Waals surface area contributed by atoms with E-state index in [2.05, 4.69) is 39.5 Å². The van der Waals surface area contributed by atoms with Crippen LogP contribution in [0.3, 0.4) is 0 Å². The van der Waals surface area contributed by atoms with Crippen molar-refractivity contribution < 1.29 is 14.7 Å². The molecular formula is C24H33N3O3S2. The summed E-state index contributed by atoms with van der Waals surface area (Å²) < 4.78 is 0.807. The molecule has 0 bridgehead atoms. The highest BCUT2D eigenvalue weighted by Crippen LogP contribution is 2.38. The molecule has 1 unspecified atom stereocenters. The van der Waals surface area contributed by atoms with Gasteiger partial charge >= 0.3 is 12.0 Å². The summed E-state index contributed by atoms with van der Waals surface area (Å²) in [5, 5.41) is 12.5. The first-order valence-corrected chi connectivity index (χ1v) is 13.6. The van der Waals surface area contributed by atoms with Gasteiger partial charge < -0.3 is 10.0 Å². The highest BCUT2D eigenvalue weighted by molar-refractivity contribution is 8.01. The molecule has 2 N–H and O–H groups in total. The first-order valence-electron chi connectivity index (χ1n) is 11.8. The molecule has 3 aliphatic rings. The second-order valence-corrected chi connectivity index (χ2v) is 11.4. The van der Waals surface area contributed by atoms with Crippen molar-refractivity contribution >= 4 is 40.2 Å². The standard InChI is InChI=1S/C24H33N3O3S2/c28-21(29)16-31-22-15-25-23(32-22)26-24(30)27(19-9-5-2-6-10-19)20-13-11-18(12-14-20)17-7-3-1-4-8-17/h1,3-4,7,15,17-20H,2,5-6,8-14,16H2,(H,28,29)(H,25,26,30). The molecule has 0 saturated heterocycles. The number of urea groups is 1. The molecule has 1 atom stereocenters. The van der Waals surface area contributed by atoms with Gasteiger partial charge in [-0.2, -0.15) is 0 Å². The number of carbonyl (C=O) groups excluding carboxylic acids is 1. The van der Waals surface area contributed by atoms with Crippen molar-refractivity contribution in [2.75, 3.05) is 11.1 Å². The van der Waals surface area contributed by atoms with Crippen molar-refractivity contribution in [2.45, 2.75) is 80.5 Å². The van der Waals surface area contributed by atoms with E-state index in [9.17, 15) is 9.59 Å². The summed E-state index contributed by atoms with van der Waals surface area (Å²) in [7, 11) is 0. The largest absolute Gasteiger partial charge is 0.481 e. The fourth-order valence-corrected chi connectivity index (χ4v) is 7.00. The number of aliphatic carboxylic acids is 1. The van der Waals surface area contributed by atoms with E-state index in [0.29, 0.717) is 23.1 Å². The Bertz CT molecular complexity index is 839. The number of aromatic nitrogens is 1. The second kappa shape index (κ2) is 11.4. The predicted octanol–water partition coefficient (Wildman–Crippen LogP) is 6.18. The molecule has 174 valence electrons. The van der Waals surface area contributed by atoms with Gasteiger partial charge in [-0.3, -0.25) is 10.1 Å². The van der Waals surface area contributed by atoms with E-state index in [4.69, 9.17) is 5.11 Å². The third kappa shape index (κ3) is 6.16. The molecule has 1 heterocycles. The third-order valence-corrected chi connectivity index (χ3v) is 9.09. The van der Waals surface area contributed by atoms with Crippen molar-refractivity contribution in [3.8, 4) is 0 Å². The lowest BCUT2D eigenvalue weighted by Crippen LogP contribution is -2.51. The molecule has 4 rings (SSSR count). The Labute approximate surface area is 198 Å². The topological polar surface area (TPSA) is 82.5 Å². The number of hydrogen-bond donors (Lipinski definition) is 2. The number of rotatable bonds is 7. The molecule has 0 radical (unpaired) electrons. The lowest BCUT2D eigenvalue weighted by Gasteiger charge is -2.43. The Hall–Kier alpha value is -1.80. The maximum absolute atomic E-state index is 13.4. The Balaban J connectivity index is 1.39. The molecule has 2 fully saturated rings. The normalized spacial score (nSPS) is 26.1. The van der Waals surface area contributed by atoms with E-state index >= 15 is 0 Å². The number of allylic oxidation sites excluding steroid dienone is 4. The fraction of sp³-hybridized carbons (Fsp3) is 0.625. The van der Waals surface area contributed by atoms with Crippen LogP contribution in [0.1, 0.15) is 64.2 Å². The number of amides is 2. The van der Waals surface area contributed by atoms with E-state index in [-0.39, 0.29) is 11.8 Å². The van der Waals surface area contributed by atoms with Gasteiger partial charge in [0.05, 0.1) is 16.2 Å². The number of hydrogen-bond acceptors (Lipinski definition) is 5. The number of carbonyl (C=O) groups is 2. The Kier molecular flexibility index (Phi) is 8.30. The minimum Gasteiger partial charge on any atom is -0.481 e. The highest BCUT2D eigenvalue weighted by Gasteiger charge is 2.36. The molecule has 1 aromatic rings. The monoisotopic (exact) mass is 475 g/mol. The maximum Gasteiger partial charge on any atom is 0.324 e. The van der Waals surface area contributed by atoms with Crippen molar-refractivity contribution in [1.29, 1.82) is 0 Å². The van der Waals surface area contributed by atoms with Gasteiger partial charge in [-0.05, 0) is 56.8 Å². The predicted molar refractivity (Wildman–Crippen MR) is 130 cm³/mol. The highest BCUT2D eigenvalue weighted by atomic mass is 32.2. The van der Waals surface area contributed by atoms with E-state index in [1.165, 1.54) is 55.2 Å². The van der Waals surface area contributed by atoms with Crippen molar-refractivity contribution in [1.82, 2.24) is 9.88 Å². The molecule has 3 aliphatic carbocycles. The summed E-state index contributed by atoms with van der Waals surface area (Å²) in [6.45, 7) is 0. The molecule has 0 aromatic carbocycles. The number of nitrogens with one attached hydrogen (secondary N) is 1. The number of carboxylic acid groups (broad SMARTS) is 1. The summed E-state index contributed by atoms with van der Waals surface area (Å²) in [4.78, 5) is 30.7. The van der Waals surface area contributed by atoms with Crippen LogP contribution in [0, 0.1) is 11.8 Å². The summed E-state index contributed by atoms with van der Waals surface area (Å²) in [5.74, 6) is 0.512. The minimum atomic E-state index is -0.854. The van der Waals surface area contributed by atoms with Crippen LogP contribution in [0.25, 0.3) is 0 Å². The smallest absolute Gasteiger partial charge is 0.324 e. The number of nitrogens with zero attached hydrogens (tertiary/aromatic N) is 2. The van der Waals surface area contributed by atoms with Crippen LogP contribution >= 0.6 is 23.1 Å². The zero-order valence-electron chi connectivity index (χ0n) is 18.4. The molecule has 1 aromatic heterocycles. The van der Waals surface area contributed by atoms with E-state index in [1.54, 1.807) is 6.20 Å². The summed E-state index contributed by atoms with van der Waals surface area (Å²) in [6, 6.07) is 0.562. The molecule has 2 saturated carbocycles. The zero-order chi connectivity index (χ0) is 22.3. The third-order valence-electron chi connectivity index (χ3n) is 6.99. The average molecular weight is 476 g/mol. The van der Waals surface area contributed by atoms with Crippen LogP contribution in [-0.4, -0.2) is 44.8 Å². The van der Waals surface area contributed by atoms with E-state index < -0.39 is 5.97 Å². The lowest BCUT2D eigenvalue weighted by atomic mass is 9.75. The van der Waals surface area contributed by atoms with Crippen molar-refractivity contribution in [2.24, 2.45) is 11.8 Å². The second-order valence-electron chi connectivity index (χ2n) is 9.08. The SMILES string of the molecule is O=C(O)CSc1cnc(NC(=O)N(C2CCCCC2)C2CCC(C3C=CC=CC3)CC2)s1. The van der Waals surface area contributed by atoms with Gasteiger partial charge in [-0.25, -0.2) is 9.78 Å². The number of thioether (sulfide) groups is 1. The molecule has 6 nitrogen and oxygen atoms in total. The average Bonchev–Trinajstić information content (AvgIpc) is 3.27. The van der Waals surface area contributed by atoms with E-state index in [0.717, 1.165) is 42.2 Å². The van der Waals surface area contributed by atoms with Gasteiger partial charge in [-0.15, -0.1) is 11.8 Å². The first-order chi connectivity index (χ1) is 15.6. The quantitative estimate of drug-likeness (QED) is 0.460. The lowest BCUT2D eigenvalue weighted by molar-refractivity contribution is -0.133. The number of anilines is 1. The summed E-state index contributed by atoms with van der Waals surface area (Å²) in [5.41, 5.74) is 0. The fourth-order valence-electron chi connectivity index (χ4n) is 5.42. The van der Waals surface area contributed by atoms with Crippen LogP contribution < -0.4 is 5.32 Å². The van der Waals surface area contributed by atoms with Crippen LogP contribution in [0.5, 0.6) is 0 Å². The zero-order valence-corrected chi connectivity index (χ0v) is 20.1. The summed E-state index contributed by atoms with van der Waals surface area (Å²) in [6.07, 6.45) is 22.1. The van der Waals surface area contributed by atoms with Gasteiger partial charge in [-0.1, -0.05) is 54.9 Å². The van der Waals surface area contributed by atoms with Crippen LogP contribution in [0.4, 0.5) is 9.93 Å². The maximum atomic E-state index is 13.4. The molecular weight excluding hydrogens is 442 g/mol. The molecule has 8 heteroatoms. The molecule has 2 amide bonds. The van der Waals surface area contributed by atoms with Gasteiger partial charge in [0, 0.05) is 12.1 Å².